The summed E-state index contributed by atoms with van der Waals surface area (Å²) >= 11 is 0. The summed E-state index contributed by atoms with van der Waals surface area (Å²) in [7, 11) is 1.74. The van der Waals surface area contributed by atoms with Crippen LogP contribution in [0.4, 0.5) is 0 Å². The predicted molar refractivity (Wildman–Crippen MR) is 119 cm³/mol. The maximum atomic E-state index is 12.4. The molecule has 2 N–H and O–H groups in total. The van der Waals surface area contributed by atoms with E-state index < -0.39 is 0 Å². The Balaban J connectivity index is 1.50. The quantitative estimate of drug-likeness (QED) is 0.528. The number of amides is 1. The van der Waals surface area contributed by atoms with Gasteiger partial charge in [-0.25, -0.2) is 0 Å². The summed E-state index contributed by atoms with van der Waals surface area (Å²) in [4.78, 5) is 18.7. The van der Waals surface area contributed by atoms with Crippen LogP contribution >= 0.6 is 0 Å². The molecule has 0 saturated carbocycles. The highest BCUT2D eigenvalue weighted by molar-refractivity contribution is 5.81. The molecule has 0 radical (unpaired) electrons. The minimum Gasteiger partial charge on any atom is -0.494 e. The second-order valence-corrected chi connectivity index (χ2v) is 8.32. The molecule has 0 aromatic heterocycles. The molecule has 7 nitrogen and oxygen atoms in total. The molecule has 0 aliphatic carbocycles. The maximum absolute atomic E-state index is 12.4. The third-order valence-electron chi connectivity index (χ3n) is 5.69. The standard InChI is InChI=1S/C23H36N4O3/c1-5-29-20-12-18-11-17(3)30-21(18)13-19(20)14-26-23(24-4)25-9-8-22(28)27-10-6-7-16(2)15-27/h12-13,16-17H,5-11,14-15H2,1-4H3,(H2,24,25,26). The van der Waals surface area contributed by atoms with E-state index in [0.717, 1.165) is 43.0 Å². The van der Waals surface area contributed by atoms with Crippen molar-refractivity contribution in [2.24, 2.45) is 10.9 Å². The van der Waals surface area contributed by atoms with Crippen molar-refractivity contribution in [1.29, 1.82) is 0 Å². The highest BCUT2D eigenvalue weighted by Gasteiger charge is 2.22. The molecule has 1 fully saturated rings. The zero-order valence-corrected chi connectivity index (χ0v) is 18.8. The van der Waals surface area contributed by atoms with E-state index in [1.165, 1.54) is 12.0 Å². The fourth-order valence-corrected chi connectivity index (χ4v) is 4.17. The number of nitrogens with one attached hydrogen (secondary N) is 2. The van der Waals surface area contributed by atoms with E-state index >= 15 is 0 Å². The topological polar surface area (TPSA) is 75.2 Å². The van der Waals surface area contributed by atoms with Crippen LogP contribution in [0.25, 0.3) is 0 Å². The van der Waals surface area contributed by atoms with E-state index in [9.17, 15) is 4.79 Å². The van der Waals surface area contributed by atoms with E-state index in [1.807, 2.05) is 11.8 Å². The molecule has 2 atom stereocenters. The molecule has 2 heterocycles. The van der Waals surface area contributed by atoms with Crippen molar-refractivity contribution in [1.82, 2.24) is 15.5 Å². The lowest BCUT2D eigenvalue weighted by Crippen LogP contribution is -2.42. The van der Waals surface area contributed by atoms with Gasteiger partial charge in [0, 0.05) is 57.2 Å². The Labute approximate surface area is 180 Å². The number of benzene rings is 1. The number of ether oxygens (including phenoxy) is 2. The maximum Gasteiger partial charge on any atom is 0.224 e. The Morgan fingerprint density at radius 2 is 2.17 bits per heavy atom. The molecule has 1 saturated heterocycles. The number of fused-ring (bicyclic) bond motifs is 1. The van der Waals surface area contributed by atoms with Gasteiger partial charge < -0.3 is 25.0 Å². The number of guanidine groups is 1. The lowest BCUT2D eigenvalue weighted by molar-refractivity contribution is -0.132. The summed E-state index contributed by atoms with van der Waals surface area (Å²) in [6, 6.07) is 4.15. The van der Waals surface area contributed by atoms with E-state index in [0.29, 0.717) is 38.0 Å². The first-order chi connectivity index (χ1) is 14.5. The van der Waals surface area contributed by atoms with Gasteiger partial charge in [0.1, 0.15) is 17.6 Å². The van der Waals surface area contributed by atoms with E-state index in [-0.39, 0.29) is 12.0 Å². The van der Waals surface area contributed by atoms with Gasteiger partial charge >= 0.3 is 0 Å². The van der Waals surface area contributed by atoms with Crippen LogP contribution in [-0.2, 0) is 17.8 Å². The second-order valence-electron chi connectivity index (χ2n) is 8.32. The van der Waals surface area contributed by atoms with Crippen LogP contribution in [0.15, 0.2) is 17.1 Å². The van der Waals surface area contributed by atoms with Gasteiger partial charge in [-0.3, -0.25) is 9.79 Å². The van der Waals surface area contributed by atoms with Crippen LogP contribution in [0.2, 0.25) is 0 Å². The predicted octanol–water partition coefficient (Wildman–Crippen LogP) is 2.72. The summed E-state index contributed by atoms with van der Waals surface area (Å²) in [5.41, 5.74) is 2.23. The van der Waals surface area contributed by atoms with Crippen LogP contribution in [-0.4, -0.2) is 56.2 Å². The molecule has 7 heteroatoms. The monoisotopic (exact) mass is 416 g/mol. The van der Waals surface area contributed by atoms with Gasteiger partial charge in [-0.15, -0.1) is 0 Å². The highest BCUT2D eigenvalue weighted by atomic mass is 16.5. The van der Waals surface area contributed by atoms with Crippen LogP contribution in [0.5, 0.6) is 11.5 Å². The van der Waals surface area contributed by atoms with Crippen LogP contribution in [0.3, 0.4) is 0 Å². The number of carbonyl (C=O) groups is 1. The number of carbonyl (C=O) groups excluding carboxylic acids is 1. The van der Waals surface area contributed by atoms with Crippen molar-refractivity contribution in [2.45, 2.75) is 59.1 Å². The highest BCUT2D eigenvalue weighted by Crippen LogP contribution is 2.35. The third-order valence-corrected chi connectivity index (χ3v) is 5.69. The largest absolute Gasteiger partial charge is 0.494 e. The summed E-state index contributed by atoms with van der Waals surface area (Å²) in [5, 5.41) is 6.58. The molecule has 1 amide bonds. The number of piperidine rings is 1. The molecule has 3 rings (SSSR count). The van der Waals surface area contributed by atoms with Gasteiger partial charge in [0.15, 0.2) is 5.96 Å². The molecular weight excluding hydrogens is 380 g/mol. The SMILES string of the molecule is CCOc1cc2c(cc1CNC(=NC)NCCC(=O)N1CCCC(C)C1)OC(C)C2. The van der Waals surface area contributed by atoms with Gasteiger partial charge in [0.2, 0.25) is 5.91 Å². The van der Waals surface area contributed by atoms with Crippen LogP contribution < -0.4 is 20.1 Å². The smallest absolute Gasteiger partial charge is 0.224 e. The first kappa shape index (κ1) is 22.2. The molecule has 2 aliphatic heterocycles. The second kappa shape index (κ2) is 10.5. The average Bonchev–Trinajstić information content (AvgIpc) is 3.09. The Morgan fingerprint density at radius 3 is 2.90 bits per heavy atom. The summed E-state index contributed by atoms with van der Waals surface area (Å²) in [6.07, 6.45) is 3.91. The Bertz CT molecular complexity index is 765. The van der Waals surface area contributed by atoms with Gasteiger partial charge in [-0.2, -0.15) is 0 Å². The molecule has 0 spiro atoms. The van der Waals surface area contributed by atoms with Gasteiger partial charge in [-0.1, -0.05) is 6.92 Å². The lowest BCUT2D eigenvalue weighted by atomic mass is 10.00. The average molecular weight is 417 g/mol. The molecule has 1 aromatic carbocycles. The van der Waals surface area contributed by atoms with Gasteiger partial charge in [0.25, 0.3) is 0 Å². The van der Waals surface area contributed by atoms with Crippen LogP contribution in [0, 0.1) is 5.92 Å². The molecule has 2 unspecified atom stereocenters. The number of hydrogen-bond donors (Lipinski definition) is 2. The molecule has 166 valence electrons. The first-order valence-electron chi connectivity index (χ1n) is 11.2. The fourth-order valence-electron chi connectivity index (χ4n) is 4.17. The van der Waals surface area contributed by atoms with E-state index in [4.69, 9.17) is 9.47 Å². The van der Waals surface area contributed by atoms with Crippen LogP contribution in [0.1, 0.15) is 51.2 Å². The number of likely N-dealkylation sites (tertiary alicyclic amines) is 1. The number of aliphatic imine (C=N–C) groups is 1. The first-order valence-corrected chi connectivity index (χ1v) is 11.2. The summed E-state index contributed by atoms with van der Waals surface area (Å²) < 4.78 is 11.7. The summed E-state index contributed by atoms with van der Waals surface area (Å²) in [5.74, 6) is 3.31. The van der Waals surface area contributed by atoms with Crippen molar-refractivity contribution in [3.05, 3.63) is 23.3 Å². The fraction of sp³-hybridized carbons (Fsp3) is 0.652. The zero-order chi connectivity index (χ0) is 21.5. The molecule has 2 aliphatic rings. The van der Waals surface area contributed by atoms with Gasteiger partial charge in [-0.05, 0) is 44.7 Å². The normalized spacial score (nSPS) is 21.1. The lowest BCUT2D eigenvalue weighted by Gasteiger charge is -2.31. The number of hydrogen-bond acceptors (Lipinski definition) is 4. The van der Waals surface area contributed by atoms with Crippen molar-refractivity contribution >= 4 is 11.9 Å². The van der Waals surface area contributed by atoms with Crippen molar-refractivity contribution in [3.63, 3.8) is 0 Å². The molecule has 30 heavy (non-hydrogen) atoms. The Morgan fingerprint density at radius 1 is 1.33 bits per heavy atom. The van der Waals surface area contributed by atoms with Crippen molar-refractivity contribution < 1.29 is 14.3 Å². The molecular formula is C23H36N4O3. The molecule has 0 bridgehead atoms. The molecule has 1 aromatic rings. The zero-order valence-electron chi connectivity index (χ0n) is 18.8. The number of nitrogens with zero attached hydrogens (tertiary/aromatic N) is 2. The minimum absolute atomic E-state index is 0.201. The minimum atomic E-state index is 0.201. The van der Waals surface area contributed by atoms with Crippen molar-refractivity contribution in [3.8, 4) is 11.5 Å². The van der Waals surface area contributed by atoms with E-state index in [1.54, 1.807) is 7.05 Å². The van der Waals surface area contributed by atoms with Gasteiger partial charge in [0.05, 0.1) is 6.61 Å². The Hall–Kier alpha value is -2.44. The summed E-state index contributed by atoms with van der Waals surface area (Å²) in [6.45, 7) is 9.79. The number of rotatable bonds is 7. The third kappa shape index (κ3) is 5.80. The van der Waals surface area contributed by atoms with E-state index in [2.05, 4.69) is 41.6 Å². The van der Waals surface area contributed by atoms with Crippen molar-refractivity contribution in [2.75, 3.05) is 33.3 Å². The Kier molecular flexibility index (Phi) is 7.82.